The zero-order valence-electron chi connectivity index (χ0n) is 28.8. The highest BCUT2D eigenvalue weighted by molar-refractivity contribution is 5.91. The number of hydrogen-bond donors (Lipinski definition) is 0. The van der Waals surface area contributed by atoms with E-state index in [0.29, 0.717) is 62.2 Å². The lowest BCUT2D eigenvalue weighted by Gasteiger charge is -2.29. The second-order valence-corrected chi connectivity index (χ2v) is 13.1. The Morgan fingerprint density at radius 1 is 1.15 bits per heavy atom. The zero-order chi connectivity index (χ0) is 34.3. The van der Waals surface area contributed by atoms with E-state index in [1.54, 1.807) is 0 Å². The number of halogens is 1. The molecule has 4 rings (SSSR count). The molecule has 1 fully saturated rings. The van der Waals surface area contributed by atoms with Gasteiger partial charge in [0, 0.05) is 36.9 Å². The minimum atomic E-state index is -0.217. The molecule has 0 aliphatic heterocycles. The van der Waals surface area contributed by atoms with Gasteiger partial charge in [0.15, 0.2) is 5.78 Å². The molecule has 0 N–H and O–H groups in total. The smallest absolute Gasteiger partial charge is 0.318 e. The van der Waals surface area contributed by atoms with Crippen LogP contribution in [0.3, 0.4) is 0 Å². The van der Waals surface area contributed by atoms with Gasteiger partial charge in [0.2, 0.25) is 0 Å². The largest absolute Gasteiger partial charge is 0.463 e. The van der Waals surface area contributed by atoms with E-state index < -0.39 is 0 Å². The Bertz CT molecular complexity index is 1610. The van der Waals surface area contributed by atoms with Crippen molar-refractivity contribution in [1.29, 1.82) is 5.26 Å². The van der Waals surface area contributed by atoms with E-state index >= 15 is 0 Å². The molecule has 6 nitrogen and oxygen atoms in total. The summed E-state index contributed by atoms with van der Waals surface area (Å²) in [7, 11) is 0. The molecular weight excluding hydrogens is 599 g/mol. The lowest BCUT2D eigenvalue weighted by Crippen LogP contribution is -2.32. The monoisotopic (exact) mass is 650 g/mol. The number of fused-ring (bicyclic) bond motifs is 1. The molecule has 7 heteroatoms. The average Bonchev–Trinajstić information content (AvgIpc) is 3.56. The third-order valence-electron chi connectivity index (χ3n) is 9.35. The number of hydrogen-bond acceptors (Lipinski definition) is 6. The molecule has 0 radical (unpaired) electrons. The predicted octanol–water partition coefficient (Wildman–Crippen LogP) is 9.63. The summed E-state index contributed by atoms with van der Waals surface area (Å²) >= 11 is 0. The van der Waals surface area contributed by atoms with Crippen LogP contribution in [0, 0.1) is 34.9 Å². The van der Waals surface area contributed by atoms with Crippen molar-refractivity contribution in [1.82, 2.24) is 9.97 Å². The van der Waals surface area contributed by atoms with Crippen LogP contribution in [0.2, 0.25) is 0 Å². The first-order valence-corrected chi connectivity index (χ1v) is 17.6. The fourth-order valence-corrected chi connectivity index (χ4v) is 6.74. The Balaban J connectivity index is 1.65. The van der Waals surface area contributed by atoms with E-state index in [1.165, 1.54) is 18.6 Å². The van der Waals surface area contributed by atoms with E-state index in [4.69, 9.17) is 14.7 Å². The van der Waals surface area contributed by atoms with E-state index in [9.17, 15) is 14.4 Å². The van der Waals surface area contributed by atoms with E-state index in [-0.39, 0.29) is 17.5 Å². The van der Waals surface area contributed by atoms with E-state index in [1.807, 2.05) is 30.3 Å². The molecule has 1 aromatic heterocycles. The highest BCUT2D eigenvalue weighted by Crippen LogP contribution is 2.34. The topological polar surface area (TPSA) is 79.1 Å². The number of ketones is 1. The molecule has 3 atom stereocenters. The van der Waals surface area contributed by atoms with Crippen molar-refractivity contribution in [3.63, 3.8) is 0 Å². The van der Waals surface area contributed by atoms with Gasteiger partial charge >= 0.3 is 6.01 Å². The predicted molar refractivity (Wildman–Crippen MR) is 194 cm³/mol. The number of nitriles is 1. The molecule has 0 amide bonds. The molecule has 1 aliphatic rings. The average molecular weight is 651 g/mol. The molecule has 0 spiro atoms. The molecule has 2 unspecified atom stereocenters. The highest BCUT2D eigenvalue weighted by Gasteiger charge is 2.27. The van der Waals surface area contributed by atoms with Crippen LogP contribution in [0.5, 0.6) is 6.01 Å². The van der Waals surface area contributed by atoms with Gasteiger partial charge in [-0.15, -0.1) is 6.58 Å². The van der Waals surface area contributed by atoms with Gasteiger partial charge in [0.05, 0.1) is 18.4 Å². The van der Waals surface area contributed by atoms with Crippen LogP contribution in [-0.2, 0) is 17.6 Å². The Morgan fingerprint density at radius 3 is 2.71 bits per heavy atom. The number of anilines is 1. The number of aromatic nitrogens is 2. The maximum absolute atomic E-state index is 14.4. The lowest BCUT2D eigenvalue weighted by molar-refractivity contribution is -0.114. The van der Waals surface area contributed by atoms with Crippen molar-refractivity contribution in [3.8, 4) is 12.1 Å². The molecule has 1 saturated carbocycles. The number of benzene rings is 2. The van der Waals surface area contributed by atoms with E-state index in [0.717, 1.165) is 73.0 Å². The van der Waals surface area contributed by atoms with Gasteiger partial charge in [0.25, 0.3) is 0 Å². The lowest BCUT2D eigenvalue weighted by atomic mass is 9.97. The second kappa shape index (κ2) is 18.9. The number of allylic oxidation sites excluding steroid dienone is 3. The summed E-state index contributed by atoms with van der Waals surface area (Å²) in [6, 6.07) is 13.6. The third-order valence-corrected chi connectivity index (χ3v) is 9.35. The normalized spacial score (nSPS) is 16.5. The fraction of sp³-hybridized carbons (Fsp3) is 0.463. The van der Waals surface area contributed by atoms with Crippen molar-refractivity contribution in [3.05, 3.63) is 90.4 Å². The van der Waals surface area contributed by atoms with Crippen LogP contribution in [0.4, 0.5) is 10.2 Å². The van der Waals surface area contributed by atoms with Crippen molar-refractivity contribution in [2.24, 2.45) is 17.8 Å². The standard InChI is InChI=1S/C41H51FN4O2/c1-5-15-37-39(22-11-8-16-32-23-24-38(42)36-21-10-9-20-35(32)36)44-41(48-29-33-18-14-17-31(33)6-2)45-40(37)46(28-30(4)25-26-43)27-13-12-19-34(47)7-3/h6-10,16,20-21,23-24,30-31,33H,2-3,5,11-15,17-19,22,25,27-29H2,1,4H3/b16-8+/t30-,31?,33?/m0/s1. The van der Waals surface area contributed by atoms with Gasteiger partial charge in [0.1, 0.15) is 11.6 Å². The zero-order valence-corrected chi connectivity index (χ0v) is 28.8. The van der Waals surface area contributed by atoms with Gasteiger partial charge in [-0.25, -0.2) is 4.39 Å². The second-order valence-electron chi connectivity index (χ2n) is 13.1. The first-order valence-electron chi connectivity index (χ1n) is 17.6. The Labute approximate surface area is 286 Å². The first-order chi connectivity index (χ1) is 23.4. The van der Waals surface area contributed by atoms with Gasteiger partial charge in [-0.2, -0.15) is 15.2 Å². The van der Waals surface area contributed by atoms with Crippen LogP contribution >= 0.6 is 0 Å². The third kappa shape index (κ3) is 10.1. The molecule has 0 bridgehead atoms. The Morgan fingerprint density at radius 2 is 1.96 bits per heavy atom. The summed E-state index contributed by atoms with van der Waals surface area (Å²) in [5.41, 5.74) is 3.06. The van der Waals surface area contributed by atoms with E-state index in [2.05, 4.69) is 56.2 Å². The van der Waals surface area contributed by atoms with Crippen LogP contribution in [0.1, 0.15) is 88.5 Å². The minimum Gasteiger partial charge on any atom is -0.463 e. The molecule has 3 aromatic rings. The highest BCUT2D eigenvalue weighted by atomic mass is 19.1. The summed E-state index contributed by atoms with van der Waals surface area (Å²) in [6.45, 7) is 13.8. The first kappa shape index (κ1) is 36.5. The number of carbonyl (C=O) groups is 1. The molecular formula is C41H51FN4O2. The molecule has 254 valence electrons. The van der Waals surface area contributed by atoms with Crippen LogP contribution in [0.15, 0.2) is 67.8 Å². The Kier molecular flexibility index (Phi) is 14.4. The summed E-state index contributed by atoms with van der Waals surface area (Å²) in [4.78, 5) is 24.3. The molecule has 0 saturated heterocycles. The fourth-order valence-electron chi connectivity index (χ4n) is 6.74. The summed E-state index contributed by atoms with van der Waals surface area (Å²) in [5, 5.41) is 11.0. The molecule has 48 heavy (non-hydrogen) atoms. The van der Waals surface area contributed by atoms with Crippen LogP contribution in [0.25, 0.3) is 16.8 Å². The molecule has 1 aliphatic carbocycles. The Hall–Kier alpha value is -4.31. The number of aryl methyl sites for hydroxylation is 1. The maximum Gasteiger partial charge on any atom is 0.318 e. The van der Waals surface area contributed by atoms with Crippen LogP contribution < -0.4 is 9.64 Å². The quantitative estimate of drug-likeness (QED) is 0.0688. The SMILES string of the molecule is C=CC(=O)CCCCN(C[C@@H](C)CC#N)c1nc(OCC2CCCC2C=C)nc(CC/C=C/c2ccc(F)c3ccccc23)c1CCC. The van der Waals surface area contributed by atoms with Crippen molar-refractivity contribution in [2.45, 2.75) is 84.5 Å². The van der Waals surface area contributed by atoms with Crippen molar-refractivity contribution >= 4 is 28.4 Å². The molecule has 2 aromatic carbocycles. The number of carbonyl (C=O) groups excluding carboxylic acids is 1. The number of ether oxygens (including phenoxy) is 1. The molecule has 1 heterocycles. The summed E-state index contributed by atoms with van der Waals surface area (Å²) in [5.74, 6) is 1.69. The minimum absolute atomic E-state index is 0.0532. The number of unbranched alkanes of at least 4 members (excludes halogenated alkanes) is 1. The maximum atomic E-state index is 14.4. The van der Waals surface area contributed by atoms with Crippen molar-refractivity contribution in [2.75, 3.05) is 24.6 Å². The van der Waals surface area contributed by atoms with Gasteiger partial charge in [-0.3, -0.25) is 4.79 Å². The number of rotatable bonds is 20. The van der Waals surface area contributed by atoms with Crippen LogP contribution in [-0.4, -0.2) is 35.4 Å². The summed E-state index contributed by atoms with van der Waals surface area (Å²) in [6.07, 6.45) is 16.7. The van der Waals surface area contributed by atoms with Gasteiger partial charge in [-0.1, -0.05) is 81.8 Å². The van der Waals surface area contributed by atoms with Gasteiger partial charge < -0.3 is 9.64 Å². The van der Waals surface area contributed by atoms with Crippen molar-refractivity contribution < 1.29 is 13.9 Å². The van der Waals surface area contributed by atoms with Gasteiger partial charge in [-0.05, 0) is 85.8 Å². The summed E-state index contributed by atoms with van der Waals surface area (Å²) < 4.78 is 20.8. The number of nitrogens with zero attached hydrogens (tertiary/aromatic N) is 4.